The van der Waals surface area contributed by atoms with Crippen molar-refractivity contribution in [3.63, 3.8) is 0 Å². The van der Waals surface area contributed by atoms with Crippen LogP contribution in [0.15, 0.2) is 48.5 Å². The quantitative estimate of drug-likeness (QED) is 0.862. The van der Waals surface area contributed by atoms with Crippen molar-refractivity contribution in [1.29, 1.82) is 5.26 Å². The average Bonchev–Trinajstić information content (AvgIpc) is 2.84. The largest absolute Gasteiger partial charge is 0.479 e. The summed E-state index contributed by atoms with van der Waals surface area (Å²) in [6, 6.07) is 13.8. The number of nitrogens with zero attached hydrogens (tertiary/aromatic N) is 2. The second kappa shape index (κ2) is 5.95. The Morgan fingerprint density at radius 1 is 1.08 bits per heavy atom. The second-order valence-electron chi connectivity index (χ2n) is 5.01. The highest BCUT2D eigenvalue weighted by Gasteiger charge is 2.39. The van der Waals surface area contributed by atoms with Crippen LogP contribution >= 0.6 is 0 Å². The number of hydrogen-bond acceptors (Lipinski definition) is 5. The fourth-order valence-corrected chi connectivity index (χ4v) is 2.39. The van der Waals surface area contributed by atoms with E-state index in [2.05, 4.69) is 0 Å². The molecule has 2 amide bonds. The molecule has 2 aromatic rings. The summed E-state index contributed by atoms with van der Waals surface area (Å²) in [5, 5.41) is 18.7. The fraction of sp³-hybridized carbons (Fsp3) is 0.0588. The van der Waals surface area contributed by atoms with E-state index in [-0.39, 0.29) is 22.3 Å². The number of carboxylic acids is 1. The van der Waals surface area contributed by atoms with Crippen molar-refractivity contribution < 1.29 is 24.3 Å². The predicted octanol–water partition coefficient (Wildman–Crippen LogP) is 1.91. The summed E-state index contributed by atoms with van der Waals surface area (Å²) in [6.07, 6.45) is -1.60. The highest BCUT2D eigenvalue weighted by molar-refractivity contribution is 6.20. The number of carboxylic acid groups (broad SMARTS) is 1. The van der Waals surface area contributed by atoms with Crippen molar-refractivity contribution in [1.82, 2.24) is 5.06 Å². The lowest BCUT2D eigenvalue weighted by Crippen LogP contribution is -2.34. The smallest absolute Gasteiger partial charge is 0.340 e. The molecule has 0 radical (unpaired) electrons. The van der Waals surface area contributed by atoms with Crippen LogP contribution in [-0.4, -0.2) is 28.0 Å². The number of hydroxylamine groups is 2. The minimum absolute atomic E-state index is 0.150. The Bertz CT molecular complexity index is 865. The summed E-state index contributed by atoms with van der Waals surface area (Å²) in [6.45, 7) is 0. The first-order chi connectivity index (χ1) is 11.5. The maximum absolute atomic E-state index is 12.3. The van der Waals surface area contributed by atoms with E-state index in [1.54, 1.807) is 12.1 Å². The topological polar surface area (TPSA) is 108 Å². The molecule has 0 fully saturated rings. The number of aliphatic carboxylic acids is 1. The zero-order valence-electron chi connectivity index (χ0n) is 12.2. The number of nitriles is 1. The third-order valence-electron chi connectivity index (χ3n) is 3.51. The molecule has 0 aromatic heterocycles. The van der Waals surface area contributed by atoms with E-state index in [0.29, 0.717) is 5.06 Å². The molecule has 118 valence electrons. The van der Waals surface area contributed by atoms with Gasteiger partial charge in [-0.2, -0.15) is 5.26 Å². The Morgan fingerprint density at radius 3 is 2.25 bits per heavy atom. The van der Waals surface area contributed by atoms with Crippen molar-refractivity contribution in [3.05, 3.63) is 70.8 Å². The van der Waals surface area contributed by atoms with Crippen LogP contribution in [0.5, 0.6) is 0 Å². The summed E-state index contributed by atoms with van der Waals surface area (Å²) in [5.74, 6) is -2.83. The molecular weight excluding hydrogens is 312 g/mol. The van der Waals surface area contributed by atoms with Gasteiger partial charge in [-0.25, -0.2) is 9.63 Å². The third-order valence-corrected chi connectivity index (χ3v) is 3.51. The van der Waals surface area contributed by atoms with E-state index < -0.39 is 23.9 Å². The number of hydrogen-bond donors (Lipinski definition) is 1. The molecule has 1 heterocycles. The van der Waals surface area contributed by atoms with Crippen molar-refractivity contribution in [2.75, 3.05) is 0 Å². The molecule has 0 saturated carbocycles. The van der Waals surface area contributed by atoms with E-state index in [4.69, 9.17) is 10.1 Å². The number of carbonyl (C=O) groups is 3. The SMILES string of the molecule is N#Cc1cccc(C(ON2C(=O)c3ccccc3C2=O)C(=O)O)c1. The molecule has 24 heavy (non-hydrogen) atoms. The minimum atomic E-state index is -1.60. The number of benzene rings is 2. The van der Waals surface area contributed by atoms with Gasteiger partial charge in [-0.1, -0.05) is 24.3 Å². The molecule has 3 rings (SSSR count). The molecule has 0 bridgehead atoms. The average molecular weight is 322 g/mol. The zero-order chi connectivity index (χ0) is 17.3. The summed E-state index contributed by atoms with van der Waals surface area (Å²) < 4.78 is 0. The van der Waals surface area contributed by atoms with Crippen LogP contribution in [0.1, 0.15) is 37.9 Å². The Hall–Kier alpha value is -3.50. The molecule has 7 heteroatoms. The number of amides is 2. The lowest BCUT2D eigenvalue weighted by Gasteiger charge is -2.19. The first-order valence-electron chi connectivity index (χ1n) is 6.90. The maximum Gasteiger partial charge on any atom is 0.340 e. The van der Waals surface area contributed by atoms with Gasteiger partial charge in [0.15, 0.2) is 0 Å². The van der Waals surface area contributed by atoms with E-state index in [1.807, 2.05) is 6.07 Å². The number of carbonyl (C=O) groups excluding carboxylic acids is 2. The molecule has 1 aliphatic heterocycles. The van der Waals surface area contributed by atoms with Crippen LogP contribution in [0.25, 0.3) is 0 Å². The Morgan fingerprint density at radius 2 is 1.71 bits per heavy atom. The summed E-state index contributed by atoms with van der Waals surface area (Å²) in [4.78, 5) is 41.2. The van der Waals surface area contributed by atoms with Gasteiger partial charge in [-0.3, -0.25) is 9.59 Å². The van der Waals surface area contributed by atoms with Crippen molar-refractivity contribution in [2.24, 2.45) is 0 Å². The van der Waals surface area contributed by atoms with Crippen LogP contribution in [0.3, 0.4) is 0 Å². The molecule has 1 aliphatic rings. The van der Waals surface area contributed by atoms with E-state index in [1.165, 1.54) is 36.4 Å². The Kier molecular flexibility index (Phi) is 3.82. The Labute approximate surface area is 136 Å². The monoisotopic (exact) mass is 322 g/mol. The van der Waals surface area contributed by atoms with E-state index in [0.717, 1.165) is 0 Å². The highest BCUT2D eigenvalue weighted by atomic mass is 16.7. The molecule has 1 unspecified atom stereocenters. The van der Waals surface area contributed by atoms with Crippen molar-refractivity contribution >= 4 is 17.8 Å². The predicted molar refractivity (Wildman–Crippen MR) is 79.6 cm³/mol. The molecular formula is C17H10N2O5. The molecule has 1 atom stereocenters. The minimum Gasteiger partial charge on any atom is -0.479 e. The van der Waals surface area contributed by atoms with Crippen LogP contribution < -0.4 is 0 Å². The third kappa shape index (κ3) is 2.51. The lowest BCUT2D eigenvalue weighted by atomic mass is 10.1. The number of rotatable bonds is 4. The van der Waals surface area contributed by atoms with Crippen molar-refractivity contribution in [2.45, 2.75) is 6.10 Å². The second-order valence-corrected chi connectivity index (χ2v) is 5.01. The van der Waals surface area contributed by atoms with Gasteiger partial charge in [0.25, 0.3) is 11.8 Å². The highest BCUT2D eigenvalue weighted by Crippen LogP contribution is 2.27. The molecule has 0 aliphatic carbocycles. The lowest BCUT2D eigenvalue weighted by molar-refractivity contribution is -0.176. The van der Waals surface area contributed by atoms with Crippen LogP contribution in [0.2, 0.25) is 0 Å². The first-order valence-corrected chi connectivity index (χ1v) is 6.90. The van der Waals surface area contributed by atoms with E-state index in [9.17, 15) is 19.5 Å². The van der Waals surface area contributed by atoms with Gasteiger partial charge in [-0.05, 0) is 29.8 Å². The number of imide groups is 1. The van der Waals surface area contributed by atoms with Crippen LogP contribution in [0, 0.1) is 11.3 Å². The molecule has 0 saturated heterocycles. The standard InChI is InChI=1S/C17H10N2O5/c18-9-10-4-3-5-11(8-10)14(17(22)23)24-19-15(20)12-6-1-2-7-13(12)16(19)21/h1-8,14H,(H,22,23). The normalized spacial score (nSPS) is 14.2. The zero-order valence-corrected chi connectivity index (χ0v) is 12.2. The van der Waals surface area contributed by atoms with Crippen LogP contribution in [0.4, 0.5) is 0 Å². The van der Waals surface area contributed by atoms with Gasteiger partial charge < -0.3 is 5.11 Å². The maximum atomic E-state index is 12.3. The van der Waals surface area contributed by atoms with Gasteiger partial charge in [0.1, 0.15) is 0 Å². The Balaban J connectivity index is 1.93. The van der Waals surface area contributed by atoms with Crippen LogP contribution in [-0.2, 0) is 9.63 Å². The van der Waals surface area contributed by atoms with Gasteiger partial charge in [-0.15, -0.1) is 5.06 Å². The van der Waals surface area contributed by atoms with Gasteiger partial charge >= 0.3 is 5.97 Å². The molecule has 1 N–H and O–H groups in total. The van der Waals surface area contributed by atoms with Gasteiger partial charge in [0.2, 0.25) is 6.10 Å². The first kappa shape index (κ1) is 15.4. The van der Waals surface area contributed by atoms with Crippen molar-refractivity contribution in [3.8, 4) is 6.07 Å². The summed E-state index contributed by atoms with van der Waals surface area (Å²) in [7, 11) is 0. The summed E-state index contributed by atoms with van der Waals surface area (Å²) in [5.41, 5.74) is 0.692. The molecule has 7 nitrogen and oxygen atoms in total. The molecule has 2 aromatic carbocycles. The molecule has 0 spiro atoms. The van der Waals surface area contributed by atoms with E-state index >= 15 is 0 Å². The number of fused-ring (bicyclic) bond motifs is 1. The fourth-order valence-electron chi connectivity index (χ4n) is 2.39. The van der Waals surface area contributed by atoms with Gasteiger partial charge in [0, 0.05) is 0 Å². The summed E-state index contributed by atoms with van der Waals surface area (Å²) >= 11 is 0. The van der Waals surface area contributed by atoms with Gasteiger partial charge in [0.05, 0.1) is 22.8 Å².